The van der Waals surface area contributed by atoms with E-state index in [-0.39, 0.29) is 17.3 Å². The summed E-state index contributed by atoms with van der Waals surface area (Å²) in [5.74, 6) is 0.687. The Balaban J connectivity index is 1.37. The average molecular weight is 419 g/mol. The molecule has 3 rings (SSSR count). The van der Waals surface area contributed by atoms with Gasteiger partial charge in [0.25, 0.3) is 0 Å². The molecule has 0 spiro atoms. The van der Waals surface area contributed by atoms with E-state index in [1.54, 1.807) is 18.3 Å². The Bertz CT molecular complexity index is 913. The first-order valence-electron chi connectivity index (χ1n) is 9.54. The third kappa shape index (κ3) is 5.99. The van der Waals surface area contributed by atoms with Gasteiger partial charge in [-0.2, -0.15) is 4.31 Å². The lowest BCUT2D eigenvalue weighted by atomic mass is 10.2. The minimum Gasteiger partial charge on any atom is -0.492 e. The molecule has 0 radical (unpaired) electrons. The number of rotatable bonds is 8. The monoisotopic (exact) mass is 418 g/mol. The van der Waals surface area contributed by atoms with Gasteiger partial charge in [0.2, 0.25) is 15.9 Å². The van der Waals surface area contributed by atoms with Crippen LogP contribution in [0.1, 0.15) is 5.56 Å². The second-order valence-electron chi connectivity index (χ2n) is 6.88. The first-order chi connectivity index (χ1) is 13.9. The van der Waals surface area contributed by atoms with Crippen molar-refractivity contribution in [3.05, 3.63) is 54.4 Å². The molecule has 9 heteroatoms. The second kappa shape index (κ2) is 9.82. The topological polar surface area (TPSA) is 91.8 Å². The number of hydrogen-bond donors (Lipinski definition) is 1. The molecule has 1 amide bonds. The molecule has 0 aliphatic carbocycles. The molecule has 1 aromatic carbocycles. The van der Waals surface area contributed by atoms with Gasteiger partial charge in [0.15, 0.2) is 0 Å². The number of ether oxygens (including phenoxy) is 1. The molecule has 2 heterocycles. The Morgan fingerprint density at radius 2 is 1.97 bits per heavy atom. The number of sulfonamides is 1. The molecule has 1 aliphatic heterocycles. The molecule has 1 fully saturated rings. The van der Waals surface area contributed by atoms with Crippen LogP contribution in [0.5, 0.6) is 5.75 Å². The summed E-state index contributed by atoms with van der Waals surface area (Å²) in [4.78, 5) is 18.2. The van der Waals surface area contributed by atoms with Gasteiger partial charge in [0.05, 0.1) is 13.1 Å². The summed E-state index contributed by atoms with van der Waals surface area (Å²) in [5.41, 5.74) is 1.12. The first kappa shape index (κ1) is 21.2. The number of nitrogens with zero attached hydrogens (tertiary/aromatic N) is 3. The Morgan fingerprint density at radius 1 is 1.17 bits per heavy atom. The SMILES string of the molecule is Cc1cccc(OCCNC(=O)CN2CCN(S(=O)(=O)c3cccnc3)CC2)c1. The van der Waals surface area contributed by atoms with Crippen molar-refractivity contribution in [1.82, 2.24) is 19.5 Å². The fourth-order valence-electron chi connectivity index (χ4n) is 3.10. The van der Waals surface area contributed by atoms with Crippen LogP contribution in [0.25, 0.3) is 0 Å². The second-order valence-corrected chi connectivity index (χ2v) is 8.82. The van der Waals surface area contributed by atoms with Gasteiger partial charge in [-0.15, -0.1) is 0 Å². The molecule has 0 saturated carbocycles. The van der Waals surface area contributed by atoms with E-state index in [4.69, 9.17) is 4.74 Å². The maximum absolute atomic E-state index is 12.6. The highest BCUT2D eigenvalue weighted by molar-refractivity contribution is 7.89. The van der Waals surface area contributed by atoms with Gasteiger partial charge in [0.1, 0.15) is 17.3 Å². The molecule has 0 atom stereocenters. The minimum atomic E-state index is -3.53. The Morgan fingerprint density at radius 3 is 2.66 bits per heavy atom. The van der Waals surface area contributed by atoms with Crippen LogP contribution in [0.3, 0.4) is 0 Å². The highest BCUT2D eigenvalue weighted by Crippen LogP contribution is 2.16. The number of hydrogen-bond acceptors (Lipinski definition) is 6. The zero-order valence-electron chi connectivity index (χ0n) is 16.5. The normalized spacial score (nSPS) is 15.8. The standard InChI is InChI=1S/C20H26N4O4S/c1-17-4-2-5-18(14-17)28-13-8-22-20(25)16-23-9-11-24(12-10-23)29(26,27)19-6-3-7-21-15-19/h2-7,14-15H,8-13,16H2,1H3,(H,22,25). The summed E-state index contributed by atoms with van der Waals surface area (Å²) in [6.45, 7) is 4.76. The van der Waals surface area contributed by atoms with E-state index in [0.29, 0.717) is 39.3 Å². The summed E-state index contributed by atoms with van der Waals surface area (Å²) >= 11 is 0. The summed E-state index contributed by atoms with van der Waals surface area (Å²) < 4.78 is 32.3. The van der Waals surface area contributed by atoms with Gasteiger partial charge >= 0.3 is 0 Å². The zero-order valence-corrected chi connectivity index (χ0v) is 17.3. The van der Waals surface area contributed by atoms with Gasteiger partial charge in [-0.25, -0.2) is 8.42 Å². The van der Waals surface area contributed by atoms with Crippen molar-refractivity contribution in [3.8, 4) is 5.75 Å². The van der Waals surface area contributed by atoms with Crippen molar-refractivity contribution in [3.63, 3.8) is 0 Å². The summed E-state index contributed by atoms with van der Waals surface area (Å²) in [6, 6.07) is 10.9. The van der Waals surface area contributed by atoms with Crippen LogP contribution < -0.4 is 10.1 Å². The molecule has 1 saturated heterocycles. The van der Waals surface area contributed by atoms with Gasteiger partial charge < -0.3 is 10.1 Å². The van der Waals surface area contributed by atoms with E-state index in [2.05, 4.69) is 10.3 Å². The molecule has 0 unspecified atom stereocenters. The van der Waals surface area contributed by atoms with Crippen molar-refractivity contribution < 1.29 is 17.9 Å². The minimum absolute atomic E-state index is 0.0959. The molecular weight excluding hydrogens is 392 g/mol. The van der Waals surface area contributed by atoms with Gasteiger partial charge in [-0.1, -0.05) is 12.1 Å². The Hall–Kier alpha value is -2.49. The molecule has 1 aliphatic rings. The largest absolute Gasteiger partial charge is 0.492 e. The van der Waals surface area contributed by atoms with E-state index >= 15 is 0 Å². The quantitative estimate of drug-likeness (QED) is 0.640. The number of benzene rings is 1. The van der Waals surface area contributed by atoms with E-state index in [1.807, 2.05) is 36.1 Å². The van der Waals surface area contributed by atoms with Gasteiger partial charge in [-0.3, -0.25) is 14.7 Å². The molecule has 29 heavy (non-hydrogen) atoms. The fourth-order valence-corrected chi connectivity index (χ4v) is 4.49. The number of nitrogens with one attached hydrogen (secondary N) is 1. The number of aromatic nitrogens is 1. The Labute approximate surface area is 171 Å². The van der Waals surface area contributed by atoms with Crippen LogP contribution in [0.2, 0.25) is 0 Å². The number of amides is 1. The molecule has 0 bridgehead atoms. The lowest BCUT2D eigenvalue weighted by Gasteiger charge is -2.33. The Kier molecular flexibility index (Phi) is 7.18. The van der Waals surface area contributed by atoms with Crippen molar-refractivity contribution in [2.45, 2.75) is 11.8 Å². The molecule has 8 nitrogen and oxygen atoms in total. The van der Waals surface area contributed by atoms with Crippen LogP contribution in [0.15, 0.2) is 53.7 Å². The van der Waals surface area contributed by atoms with Crippen molar-refractivity contribution >= 4 is 15.9 Å². The maximum Gasteiger partial charge on any atom is 0.244 e. The predicted molar refractivity (Wildman–Crippen MR) is 109 cm³/mol. The summed E-state index contributed by atoms with van der Waals surface area (Å²) in [5, 5.41) is 2.84. The predicted octanol–water partition coefficient (Wildman–Crippen LogP) is 0.892. The van der Waals surface area contributed by atoms with Crippen LogP contribution in [-0.2, 0) is 14.8 Å². The first-order valence-corrected chi connectivity index (χ1v) is 11.0. The van der Waals surface area contributed by atoms with Crippen LogP contribution >= 0.6 is 0 Å². The zero-order chi connectivity index (χ0) is 20.7. The number of carbonyl (C=O) groups excluding carboxylic acids is 1. The van der Waals surface area contributed by atoms with E-state index in [1.165, 1.54) is 10.5 Å². The number of aryl methyl sites for hydroxylation is 1. The highest BCUT2D eigenvalue weighted by atomic mass is 32.2. The van der Waals surface area contributed by atoms with Crippen LogP contribution in [0, 0.1) is 6.92 Å². The van der Waals surface area contributed by atoms with Gasteiger partial charge in [-0.05, 0) is 36.8 Å². The number of carbonyl (C=O) groups is 1. The molecule has 1 aromatic heterocycles. The third-order valence-electron chi connectivity index (χ3n) is 4.65. The van der Waals surface area contributed by atoms with Crippen molar-refractivity contribution in [2.75, 3.05) is 45.9 Å². The lowest BCUT2D eigenvalue weighted by Crippen LogP contribution is -2.51. The van der Waals surface area contributed by atoms with Crippen molar-refractivity contribution in [2.24, 2.45) is 0 Å². The van der Waals surface area contributed by atoms with Crippen LogP contribution in [0.4, 0.5) is 0 Å². The lowest BCUT2D eigenvalue weighted by molar-refractivity contribution is -0.122. The third-order valence-corrected chi connectivity index (χ3v) is 6.54. The molecular formula is C20H26N4O4S. The highest BCUT2D eigenvalue weighted by Gasteiger charge is 2.29. The molecule has 1 N–H and O–H groups in total. The smallest absolute Gasteiger partial charge is 0.244 e. The summed E-state index contributed by atoms with van der Waals surface area (Å²) in [7, 11) is -3.53. The average Bonchev–Trinajstić information content (AvgIpc) is 2.72. The van der Waals surface area contributed by atoms with Gasteiger partial charge in [0, 0.05) is 38.6 Å². The van der Waals surface area contributed by atoms with Crippen LogP contribution in [-0.4, -0.2) is 74.4 Å². The van der Waals surface area contributed by atoms with Crippen molar-refractivity contribution in [1.29, 1.82) is 0 Å². The molecule has 2 aromatic rings. The maximum atomic E-state index is 12.6. The number of pyridine rings is 1. The summed E-state index contributed by atoms with van der Waals surface area (Å²) in [6.07, 6.45) is 2.90. The molecule has 156 valence electrons. The fraction of sp³-hybridized carbons (Fsp3) is 0.400. The van der Waals surface area contributed by atoms with E-state index in [9.17, 15) is 13.2 Å². The van der Waals surface area contributed by atoms with E-state index in [0.717, 1.165) is 11.3 Å². The number of piperazine rings is 1. The van der Waals surface area contributed by atoms with E-state index < -0.39 is 10.0 Å².